The van der Waals surface area contributed by atoms with Gasteiger partial charge in [0.25, 0.3) is 0 Å². The second-order valence-corrected chi connectivity index (χ2v) is 4.40. The summed E-state index contributed by atoms with van der Waals surface area (Å²) < 4.78 is 5.37. The van der Waals surface area contributed by atoms with Crippen LogP contribution in [0.4, 0.5) is 0 Å². The van der Waals surface area contributed by atoms with Gasteiger partial charge in [0.2, 0.25) is 0 Å². The van der Waals surface area contributed by atoms with E-state index in [0.717, 1.165) is 12.2 Å². The third-order valence-corrected chi connectivity index (χ3v) is 3.33. The van der Waals surface area contributed by atoms with E-state index < -0.39 is 0 Å². The normalized spacial score (nSPS) is 24.5. The predicted octanol–water partition coefficient (Wildman–Crippen LogP) is 1.50. The van der Waals surface area contributed by atoms with Crippen LogP contribution in [0.3, 0.4) is 0 Å². The average molecular weight is 208 g/mol. The molecule has 3 nitrogen and oxygen atoms in total. The third-order valence-electron chi connectivity index (χ3n) is 3.33. The van der Waals surface area contributed by atoms with Crippen LogP contribution in [-0.2, 0) is 6.42 Å². The first kappa shape index (κ1) is 10.7. The van der Waals surface area contributed by atoms with E-state index in [9.17, 15) is 0 Å². The fourth-order valence-electron chi connectivity index (χ4n) is 2.27. The van der Waals surface area contributed by atoms with Gasteiger partial charge in [0.05, 0.1) is 6.26 Å². The van der Waals surface area contributed by atoms with Crippen molar-refractivity contribution in [1.82, 2.24) is 10.2 Å². The van der Waals surface area contributed by atoms with Crippen molar-refractivity contribution in [3.8, 4) is 0 Å². The lowest BCUT2D eigenvalue weighted by Crippen LogP contribution is -2.35. The Morgan fingerprint density at radius 3 is 3.13 bits per heavy atom. The highest BCUT2D eigenvalue weighted by molar-refractivity contribution is 5.00. The molecule has 15 heavy (non-hydrogen) atoms. The van der Waals surface area contributed by atoms with E-state index in [-0.39, 0.29) is 0 Å². The van der Waals surface area contributed by atoms with Crippen LogP contribution in [0.5, 0.6) is 0 Å². The minimum Gasteiger partial charge on any atom is -0.469 e. The fourth-order valence-corrected chi connectivity index (χ4v) is 2.27. The Morgan fingerprint density at radius 1 is 1.67 bits per heavy atom. The lowest BCUT2D eigenvalue weighted by atomic mass is 10.2. The van der Waals surface area contributed by atoms with Crippen molar-refractivity contribution < 1.29 is 4.42 Å². The number of likely N-dealkylation sites (N-methyl/N-ethyl adjacent to an activating group) is 1. The topological polar surface area (TPSA) is 28.4 Å². The first-order chi connectivity index (χ1) is 7.29. The van der Waals surface area contributed by atoms with Crippen molar-refractivity contribution in [2.45, 2.75) is 31.8 Å². The van der Waals surface area contributed by atoms with Gasteiger partial charge in [-0.15, -0.1) is 0 Å². The highest BCUT2D eigenvalue weighted by atomic mass is 16.3. The molecular weight excluding hydrogens is 188 g/mol. The number of furan rings is 1. The van der Waals surface area contributed by atoms with Crippen LogP contribution in [-0.4, -0.2) is 37.1 Å². The smallest absolute Gasteiger partial charge is 0.105 e. The van der Waals surface area contributed by atoms with Gasteiger partial charge in [-0.2, -0.15) is 0 Å². The summed E-state index contributed by atoms with van der Waals surface area (Å²) >= 11 is 0. The van der Waals surface area contributed by atoms with Crippen LogP contribution < -0.4 is 5.32 Å². The Hall–Kier alpha value is -0.800. The molecule has 1 aromatic heterocycles. The van der Waals surface area contributed by atoms with Crippen molar-refractivity contribution in [1.29, 1.82) is 0 Å². The molecule has 84 valence electrons. The zero-order valence-electron chi connectivity index (χ0n) is 9.57. The van der Waals surface area contributed by atoms with E-state index in [1.165, 1.54) is 19.5 Å². The molecule has 3 heteroatoms. The molecule has 1 saturated heterocycles. The molecule has 2 heterocycles. The molecular formula is C12H20N2O. The molecule has 1 N–H and O–H groups in total. The van der Waals surface area contributed by atoms with Gasteiger partial charge in [0.1, 0.15) is 5.76 Å². The quantitative estimate of drug-likeness (QED) is 0.813. The van der Waals surface area contributed by atoms with Gasteiger partial charge >= 0.3 is 0 Å². The number of nitrogens with one attached hydrogen (secondary N) is 1. The van der Waals surface area contributed by atoms with E-state index in [2.05, 4.69) is 23.2 Å². The molecule has 0 saturated carbocycles. The van der Waals surface area contributed by atoms with E-state index in [0.29, 0.717) is 12.1 Å². The lowest BCUT2D eigenvalue weighted by Gasteiger charge is -2.23. The Labute approximate surface area is 91.4 Å². The van der Waals surface area contributed by atoms with Crippen molar-refractivity contribution in [2.24, 2.45) is 0 Å². The molecule has 0 aromatic carbocycles. The Morgan fingerprint density at radius 2 is 2.53 bits per heavy atom. The molecule has 1 aliphatic heterocycles. The van der Waals surface area contributed by atoms with Gasteiger partial charge in [-0.1, -0.05) is 0 Å². The molecule has 0 bridgehead atoms. The van der Waals surface area contributed by atoms with Crippen molar-refractivity contribution in [2.75, 3.05) is 20.1 Å². The molecule has 2 unspecified atom stereocenters. The summed E-state index contributed by atoms with van der Waals surface area (Å²) in [4.78, 5) is 2.53. The summed E-state index contributed by atoms with van der Waals surface area (Å²) in [5, 5.41) is 3.34. The molecule has 0 spiro atoms. The van der Waals surface area contributed by atoms with Gasteiger partial charge in [-0.3, -0.25) is 4.90 Å². The Balaban J connectivity index is 1.84. The first-order valence-corrected chi connectivity index (χ1v) is 5.73. The van der Waals surface area contributed by atoms with Crippen LogP contribution in [0.1, 0.15) is 19.1 Å². The monoisotopic (exact) mass is 208 g/mol. The zero-order valence-corrected chi connectivity index (χ0v) is 9.57. The average Bonchev–Trinajstić information content (AvgIpc) is 2.86. The molecule has 1 aromatic rings. The molecule has 0 aliphatic carbocycles. The predicted molar refractivity (Wildman–Crippen MR) is 60.9 cm³/mol. The highest BCUT2D eigenvalue weighted by Gasteiger charge is 2.25. The maximum Gasteiger partial charge on any atom is 0.105 e. The number of likely N-dealkylation sites (tertiary alicyclic amines) is 1. The minimum absolute atomic E-state index is 0.578. The van der Waals surface area contributed by atoms with Gasteiger partial charge in [-0.25, -0.2) is 0 Å². The lowest BCUT2D eigenvalue weighted by molar-refractivity contribution is 0.242. The maximum absolute atomic E-state index is 5.37. The minimum atomic E-state index is 0.578. The van der Waals surface area contributed by atoms with Crippen molar-refractivity contribution >= 4 is 0 Å². The summed E-state index contributed by atoms with van der Waals surface area (Å²) in [5.74, 6) is 1.09. The summed E-state index contributed by atoms with van der Waals surface area (Å²) in [6, 6.07) is 5.27. The van der Waals surface area contributed by atoms with Gasteiger partial charge < -0.3 is 9.73 Å². The van der Waals surface area contributed by atoms with E-state index in [1.54, 1.807) is 6.26 Å². The molecule has 2 atom stereocenters. The Bertz CT molecular complexity index is 284. The highest BCUT2D eigenvalue weighted by Crippen LogP contribution is 2.15. The number of hydrogen-bond acceptors (Lipinski definition) is 3. The van der Waals surface area contributed by atoms with Crippen LogP contribution in [0.2, 0.25) is 0 Å². The fraction of sp³-hybridized carbons (Fsp3) is 0.667. The number of hydrogen-bond donors (Lipinski definition) is 1. The zero-order chi connectivity index (χ0) is 10.7. The third kappa shape index (κ3) is 2.61. The van der Waals surface area contributed by atoms with Gasteiger partial charge in [-0.05, 0) is 32.5 Å². The maximum atomic E-state index is 5.37. The number of rotatable bonds is 4. The van der Waals surface area contributed by atoms with E-state index in [4.69, 9.17) is 4.42 Å². The molecule has 2 rings (SSSR count). The van der Waals surface area contributed by atoms with Gasteiger partial charge in [0, 0.05) is 31.6 Å². The second kappa shape index (κ2) is 4.81. The summed E-state index contributed by atoms with van der Waals surface area (Å²) in [6.07, 6.45) is 4.03. The largest absolute Gasteiger partial charge is 0.469 e. The van der Waals surface area contributed by atoms with Crippen LogP contribution in [0.15, 0.2) is 22.8 Å². The van der Waals surface area contributed by atoms with Gasteiger partial charge in [0.15, 0.2) is 0 Å². The Kier molecular flexibility index (Phi) is 3.44. The summed E-state index contributed by atoms with van der Waals surface area (Å²) in [5.41, 5.74) is 0. The van der Waals surface area contributed by atoms with E-state index in [1.807, 2.05) is 13.1 Å². The summed E-state index contributed by atoms with van der Waals surface area (Å²) in [7, 11) is 2.05. The standard InChI is InChI=1S/C12H20N2O/c1-10(8-12-4-3-7-15-12)14-6-5-11(9-14)13-2/h3-4,7,10-11,13H,5-6,8-9H2,1-2H3. The number of nitrogens with zero attached hydrogens (tertiary/aromatic N) is 1. The first-order valence-electron chi connectivity index (χ1n) is 5.73. The van der Waals surface area contributed by atoms with Crippen LogP contribution in [0, 0.1) is 0 Å². The van der Waals surface area contributed by atoms with E-state index >= 15 is 0 Å². The second-order valence-electron chi connectivity index (χ2n) is 4.40. The summed E-state index contributed by atoms with van der Waals surface area (Å²) in [6.45, 7) is 4.65. The molecule has 1 fully saturated rings. The molecule has 0 amide bonds. The van der Waals surface area contributed by atoms with Crippen molar-refractivity contribution in [3.05, 3.63) is 24.2 Å². The van der Waals surface area contributed by atoms with Crippen molar-refractivity contribution in [3.63, 3.8) is 0 Å². The van der Waals surface area contributed by atoms with Crippen LogP contribution in [0.25, 0.3) is 0 Å². The molecule has 1 aliphatic rings. The molecule has 0 radical (unpaired) electrons. The van der Waals surface area contributed by atoms with Crippen LogP contribution >= 0.6 is 0 Å². The SMILES string of the molecule is CNC1CCN(C(C)Cc2ccco2)C1.